The minimum absolute atomic E-state index is 0.0885. The van der Waals surface area contributed by atoms with E-state index in [0.717, 1.165) is 18.5 Å². The highest BCUT2D eigenvalue weighted by Crippen LogP contribution is 2.30. The topological polar surface area (TPSA) is 38.8 Å². The zero-order valence-electron chi connectivity index (χ0n) is 11.8. The number of rotatable bonds is 6. The van der Waals surface area contributed by atoms with Gasteiger partial charge in [-0.1, -0.05) is 36.4 Å². The summed E-state index contributed by atoms with van der Waals surface area (Å²) in [5.41, 5.74) is 1.16. The Bertz CT molecular complexity index is 446. The predicted octanol–water partition coefficient (Wildman–Crippen LogP) is 2.53. The molecule has 0 saturated carbocycles. The van der Waals surface area contributed by atoms with E-state index >= 15 is 0 Å². The van der Waals surface area contributed by atoms with Crippen molar-refractivity contribution in [2.75, 3.05) is 19.8 Å². The molecule has 1 aromatic carbocycles. The Morgan fingerprint density at radius 2 is 2.25 bits per heavy atom. The van der Waals surface area contributed by atoms with Crippen LogP contribution in [0.4, 0.5) is 0 Å². The van der Waals surface area contributed by atoms with Crippen LogP contribution in [0.25, 0.3) is 0 Å². The lowest BCUT2D eigenvalue weighted by molar-refractivity contribution is -0.161. The second-order valence-electron chi connectivity index (χ2n) is 4.68. The number of nitrogens with zero attached hydrogens (tertiary/aromatic N) is 1. The molecule has 0 radical (unpaired) electrons. The number of carbonyl (C=O) groups is 1. The molecule has 0 aliphatic carbocycles. The van der Waals surface area contributed by atoms with Crippen molar-refractivity contribution in [1.29, 1.82) is 0 Å². The highest BCUT2D eigenvalue weighted by molar-refractivity contribution is 5.74. The zero-order valence-corrected chi connectivity index (χ0v) is 11.8. The van der Waals surface area contributed by atoms with Crippen LogP contribution in [0.1, 0.15) is 24.9 Å². The number of hydrogen-bond donors (Lipinski definition) is 0. The van der Waals surface area contributed by atoms with Crippen LogP contribution in [0.2, 0.25) is 0 Å². The molecule has 20 heavy (non-hydrogen) atoms. The molecular weight excluding hydrogens is 254 g/mol. The highest BCUT2D eigenvalue weighted by atomic mass is 16.6. The van der Waals surface area contributed by atoms with Crippen molar-refractivity contribution in [2.45, 2.75) is 25.6 Å². The molecule has 1 saturated heterocycles. The van der Waals surface area contributed by atoms with Gasteiger partial charge in [-0.25, -0.2) is 4.79 Å². The smallest absolute Gasteiger partial charge is 0.350 e. The highest BCUT2D eigenvalue weighted by Gasteiger charge is 2.39. The summed E-state index contributed by atoms with van der Waals surface area (Å²) < 4.78 is 10.7. The molecule has 4 nitrogen and oxygen atoms in total. The molecule has 0 spiro atoms. The molecule has 1 aliphatic rings. The molecule has 0 unspecified atom stereocenters. The number of benzene rings is 1. The van der Waals surface area contributed by atoms with Crippen molar-refractivity contribution in [1.82, 2.24) is 4.90 Å². The Morgan fingerprint density at radius 3 is 2.90 bits per heavy atom. The number of carbonyl (C=O) groups excluding carboxylic acids is 1. The van der Waals surface area contributed by atoms with Crippen LogP contribution in [0.15, 0.2) is 43.0 Å². The van der Waals surface area contributed by atoms with Gasteiger partial charge >= 0.3 is 5.97 Å². The fourth-order valence-electron chi connectivity index (χ4n) is 2.43. The van der Waals surface area contributed by atoms with E-state index in [-0.39, 0.29) is 12.0 Å². The van der Waals surface area contributed by atoms with Crippen LogP contribution in [0.3, 0.4) is 0 Å². The monoisotopic (exact) mass is 275 g/mol. The lowest BCUT2D eigenvalue weighted by Gasteiger charge is -2.26. The number of hydrogen-bond acceptors (Lipinski definition) is 4. The lowest BCUT2D eigenvalue weighted by atomic mass is 10.1. The van der Waals surface area contributed by atoms with Gasteiger partial charge in [-0.05, 0) is 18.9 Å². The maximum absolute atomic E-state index is 12.0. The van der Waals surface area contributed by atoms with Gasteiger partial charge in [-0.15, -0.1) is 6.58 Å². The summed E-state index contributed by atoms with van der Waals surface area (Å²) in [6, 6.07) is 10.2. The average Bonchev–Trinajstić information content (AvgIpc) is 2.90. The summed E-state index contributed by atoms with van der Waals surface area (Å²) in [5, 5.41) is 0. The molecule has 0 amide bonds. The van der Waals surface area contributed by atoms with Gasteiger partial charge in [-0.3, -0.25) is 4.90 Å². The van der Waals surface area contributed by atoms with E-state index < -0.39 is 6.23 Å². The minimum atomic E-state index is -0.611. The Hall–Kier alpha value is -1.65. The predicted molar refractivity (Wildman–Crippen MR) is 77.1 cm³/mol. The van der Waals surface area contributed by atoms with E-state index in [9.17, 15) is 4.79 Å². The van der Waals surface area contributed by atoms with Gasteiger partial charge in [0.25, 0.3) is 0 Å². The van der Waals surface area contributed by atoms with Crippen LogP contribution < -0.4 is 0 Å². The largest absolute Gasteiger partial charge is 0.463 e. The fourth-order valence-corrected chi connectivity index (χ4v) is 2.43. The van der Waals surface area contributed by atoms with E-state index in [1.807, 2.05) is 24.3 Å². The molecule has 2 atom stereocenters. The molecule has 1 heterocycles. The summed E-state index contributed by atoms with van der Waals surface area (Å²) >= 11 is 0. The molecule has 4 heteroatoms. The molecular formula is C16H21NO3. The third-order valence-corrected chi connectivity index (χ3v) is 3.38. The molecule has 0 aromatic heterocycles. The molecule has 2 rings (SSSR count). The quantitative estimate of drug-likeness (QED) is 0.591. The van der Waals surface area contributed by atoms with Gasteiger partial charge in [0.2, 0.25) is 6.23 Å². The number of esters is 1. The first-order chi connectivity index (χ1) is 9.77. The standard InChI is InChI=1S/C16H21NO3/c1-3-5-11-17-14(13-9-7-6-8-10-13)12-20-15(17)16(18)19-4-2/h3,6-10,14-15H,1,4-5,11-12H2,2H3/t14-,15+/m1/s1. The van der Waals surface area contributed by atoms with E-state index in [1.54, 1.807) is 6.92 Å². The van der Waals surface area contributed by atoms with Gasteiger partial charge in [0.05, 0.1) is 19.3 Å². The van der Waals surface area contributed by atoms with Crippen LogP contribution in [-0.2, 0) is 14.3 Å². The van der Waals surface area contributed by atoms with E-state index in [1.165, 1.54) is 0 Å². The van der Waals surface area contributed by atoms with E-state index in [4.69, 9.17) is 9.47 Å². The summed E-state index contributed by atoms with van der Waals surface area (Å²) in [6.45, 7) is 7.14. The summed E-state index contributed by atoms with van der Waals surface area (Å²) in [7, 11) is 0. The second kappa shape index (κ2) is 7.22. The van der Waals surface area contributed by atoms with Crippen LogP contribution in [-0.4, -0.2) is 36.9 Å². The van der Waals surface area contributed by atoms with Gasteiger partial charge in [0.1, 0.15) is 0 Å². The van der Waals surface area contributed by atoms with E-state index in [0.29, 0.717) is 13.2 Å². The third kappa shape index (κ3) is 3.26. The number of ether oxygens (including phenoxy) is 2. The molecule has 1 aromatic rings. The molecule has 1 fully saturated rings. The molecule has 108 valence electrons. The molecule has 0 bridgehead atoms. The van der Waals surface area contributed by atoms with Crippen molar-refractivity contribution in [2.24, 2.45) is 0 Å². The SMILES string of the molecule is C=CCCN1[C@@H](c2ccccc2)CO[C@H]1C(=O)OCC. The van der Waals surface area contributed by atoms with Crippen LogP contribution in [0.5, 0.6) is 0 Å². The first kappa shape index (κ1) is 14.8. The van der Waals surface area contributed by atoms with Crippen LogP contribution >= 0.6 is 0 Å². The Labute approximate surface area is 120 Å². The molecule has 0 N–H and O–H groups in total. The Morgan fingerprint density at radius 1 is 1.50 bits per heavy atom. The first-order valence-corrected chi connectivity index (χ1v) is 6.97. The lowest BCUT2D eigenvalue weighted by Crippen LogP contribution is -2.39. The van der Waals surface area contributed by atoms with Crippen molar-refractivity contribution in [3.05, 3.63) is 48.6 Å². The fraction of sp³-hybridized carbons (Fsp3) is 0.438. The summed E-state index contributed by atoms with van der Waals surface area (Å²) in [6.07, 6.45) is 2.05. The summed E-state index contributed by atoms with van der Waals surface area (Å²) in [5.74, 6) is -0.310. The van der Waals surface area contributed by atoms with Crippen molar-refractivity contribution in [3.63, 3.8) is 0 Å². The zero-order chi connectivity index (χ0) is 14.4. The Kier molecular flexibility index (Phi) is 5.32. The first-order valence-electron chi connectivity index (χ1n) is 6.97. The van der Waals surface area contributed by atoms with E-state index in [2.05, 4.69) is 23.6 Å². The Balaban J connectivity index is 2.16. The van der Waals surface area contributed by atoms with Crippen molar-refractivity contribution in [3.8, 4) is 0 Å². The van der Waals surface area contributed by atoms with Crippen molar-refractivity contribution >= 4 is 5.97 Å². The van der Waals surface area contributed by atoms with Crippen molar-refractivity contribution < 1.29 is 14.3 Å². The normalized spacial score (nSPS) is 22.6. The minimum Gasteiger partial charge on any atom is -0.463 e. The third-order valence-electron chi connectivity index (χ3n) is 3.38. The van der Waals surface area contributed by atoms with Gasteiger partial charge in [0.15, 0.2) is 0 Å². The maximum atomic E-state index is 12.0. The average molecular weight is 275 g/mol. The maximum Gasteiger partial charge on any atom is 0.350 e. The van der Waals surface area contributed by atoms with Gasteiger partial charge in [-0.2, -0.15) is 0 Å². The van der Waals surface area contributed by atoms with Crippen LogP contribution in [0, 0.1) is 0 Å². The van der Waals surface area contributed by atoms with Gasteiger partial charge in [0, 0.05) is 6.54 Å². The molecule has 1 aliphatic heterocycles. The van der Waals surface area contributed by atoms with Gasteiger partial charge < -0.3 is 9.47 Å². The second-order valence-corrected chi connectivity index (χ2v) is 4.68. The summed E-state index contributed by atoms with van der Waals surface area (Å²) in [4.78, 5) is 14.0.